The molecule has 0 aliphatic carbocycles. The number of phenolic OH excluding ortho intramolecular Hbond substituents is 1. The van der Waals surface area contributed by atoms with E-state index in [0.29, 0.717) is 0 Å². The zero-order chi connectivity index (χ0) is 13.1. The van der Waals surface area contributed by atoms with Crippen molar-refractivity contribution in [2.75, 3.05) is 13.7 Å². The van der Waals surface area contributed by atoms with Crippen molar-refractivity contribution in [1.29, 1.82) is 0 Å². The van der Waals surface area contributed by atoms with Crippen LogP contribution in [0.15, 0.2) is 18.2 Å². The largest absolute Gasteiger partial charge is 0.504 e. The molecule has 0 saturated heterocycles. The zero-order valence-electron chi connectivity index (χ0n) is 8.84. The van der Waals surface area contributed by atoms with Crippen molar-refractivity contribution in [3.8, 4) is 11.5 Å². The third kappa shape index (κ3) is 3.86. The Morgan fingerprint density at radius 2 is 2.12 bits per heavy atom. The molecule has 1 amide bonds. The number of ether oxygens (including phenoxy) is 1. The summed E-state index contributed by atoms with van der Waals surface area (Å²) in [4.78, 5) is 11.3. The van der Waals surface area contributed by atoms with Gasteiger partial charge in [0.1, 0.15) is 6.54 Å². The fourth-order valence-electron chi connectivity index (χ4n) is 1.11. The lowest BCUT2D eigenvalue weighted by Gasteiger charge is -2.09. The molecule has 7 heteroatoms. The van der Waals surface area contributed by atoms with Crippen molar-refractivity contribution in [3.63, 3.8) is 0 Å². The van der Waals surface area contributed by atoms with Gasteiger partial charge in [-0.15, -0.1) is 0 Å². The average molecular weight is 249 g/mol. The fraction of sp³-hybridized carbons (Fsp3) is 0.300. The van der Waals surface area contributed by atoms with Crippen LogP contribution in [0.25, 0.3) is 0 Å². The predicted molar refractivity (Wildman–Crippen MR) is 53.0 cm³/mol. The Morgan fingerprint density at radius 1 is 1.47 bits per heavy atom. The number of nitrogens with one attached hydrogen (secondary N) is 1. The second-order valence-electron chi connectivity index (χ2n) is 3.18. The number of benzene rings is 1. The normalized spacial score (nSPS) is 11.1. The molecule has 2 N–H and O–H groups in total. The second-order valence-corrected chi connectivity index (χ2v) is 3.18. The Morgan fingerprint density at radius 3 is 2.59 bits per heavy atom. The summed E-state index contributed by atoms with van der Waals surface area (Å²) in [6.45, 7) is -1.42. The van der Waals surface area contributed by atoms with Crippen LogP contribution in [0.2, 0.25) is 0 Å². The molecule has 0 unspecified atom stereocenters. The van der Waals surface area contributed by atoms with Gasteiger partial charge in [0.05, 0.1) is 7.11 Å². The van der Waals surface area contributed by atoms with Crippen LogP contribution in [0.5, 0.6) is 11.5 Å². The molecule has 1 aromatic carbocycles. The third-order valence-electron chi connectivity index (χ3n) is 1.89. The summed E-state index contributed by atoms with van der Waals surface area (Å²) in [5.74, 6) is -1.09. The van der Waals surface area contributed by atoms with Gasteiger partial charge in [-0.05, 0) is 18.2 Å². The number of alkyl halides is 3. The summed E-state index contributed by atoms with van der Waals surface area (Å²) in [6, 6.07) is 3.58. The molecule has 17 heavy (non-hydrogen) atoms. The molecular weight excluding hydrogens is 239 g/mol. The summed E-state index contributed by atoms with van der Waals surface area (Å²) >= 11 is 0. The Hall–Kier alpha value is -1.92. The lowest BCUT2D eigenvalue weighted by molar-refractivity contribution is -0.123. The Labute approximate surface area is 95.0 Å². The maximum Gasteiger partial charge on any atom is 0.405 e. The molecule has 4 nitrogen and oxygen atoms in total. The molecule has 0 radical (unpaired) electrons. The van der Waals surface area contributed by atoms with E-state index in [1.165, 1.54) is 19.2 Å². The molecule has 0 saturated carbocycles. The van der Waals surface area contributed by atoms with E-state index in [4.69, 9.17) is 4.74 Å². The average Bonchev–Trinajstić information content (AvgIpc) is 2.24. The fourth-order valence-corrected chi connectivity index (χ4v) is 1.11. The first-order chi connectivity index (χ1) is 7.83. The number of phenols is 1. The van der Waals surface area contributed by atoms with Crippen LogP contribution in [-0.2, 0) is 0 Å². The van der Waals surface area contributed by atoms with Crippen LogP contribution in [0.3, 0.4) is 0 Å². The molecule has 0 fully saturated rings. The van der Waals surface area contributed by atoms with Crippen LogP contribution in [0.4, 0.5) is 13.2 Å². The molecule has 0 spiro atoms. The number of aromatic hydroxyl groups is 1. The van der Waals surface area contributed by atoms with E-state index in [9.17, 15) is 23.1 Å². The molecule has 1 aromatic rings. The van der Waals surface area contributed by atoms with Crippen LogP contribution < -0.4 is 10.1 Å². The first-order valence-electron chi connectivity index (χ1n) is 4.55. The SMILES string of the molecule is COc1ccc(C(=O)NCC(F)(F)F)cc1O. The number of rotatable bonds is 3. The number of methoxy groups -OCH3 is 1. The van der Waals surface area contributed by atoms with Gasteiger partial charge in [0.25, 0.3) is 5.91 Å². The van der Waals surface area contributed by atoms with Crippen molar-refractivity contribution < 1.29 is 27.8 Å². The van der Waals surface area contributed by atoms with Crippen molar-refractivity contribution in [2.45, 2.75) is 6.18 Å². The van der Waals surface area contributed by atoms with Gasteiger partial charge < -0.3 is 15.2 Å². The van der Waals surface area contributed by atoms with E-state index in [1.807, 2.05) is 0 Å². The van der Waals surface area contributed by atoms with E-state index >= 15 is 0 Å². The topological polar surface area (TPSA) is 58.6 Å². The Kier molecular flexibility index (Phi) is 3.82. The van der Waals surface area contributed by atoms with E-state index in [2.05, 4.69) is 0 Å². The van der Waals surface area contributed by atoms with Gasteiger partial charge in [0.15, 0.2) is 11.5 Å². The maximum atomic E-state index is 11.8. The monoisotopic (exact) mass is 249 g/mol. The zero-order valence-corrected chi connectivity index (χ0v) is 8.84. The van der Waals surface area contributed by atoms with Crippen molar-refractivity contribution in [1.82, 2.24) is 5.32 Å². The number of hydrogen-bond donors (Lipinski definition) is 2. The van der Waals surface area contributed by atoms with E-state index in [0.717, 1.165) is 6.07 Å². The van der Waals surface area contributed by atoms with Gasteiger partial charge in [-0.3, -0.25) is 4.79 Å². The highest BCUT2D eigenvalue weighted by molar-refractivity contribution is 5.94. The highest BCUT2D eigenvalue weighted by atomic mass is 19.4. The summed E-state index contributed by atoms with van der Waals surface area (Å²) in [6.07, 6.45) is -4.47. The molecular formula is C10H10F3NO3. The maximum absolute atomic E-state index is 11.8. The van der Waals surface area contributed by atoms with Crippen molar-refractivity contribution >= 4 is 5.91 Å². The number of carbonyl (C=O) groups excluding carboxylic acids is 1. The lowest BCUT2D eigenvalue weighted by atomic mass is 10.2. The minimum absolute atomic E-state index is 0.0763. The van der Waals surface area contributed by atoms with Crippen LogP contribution in [0.1, 0.15) is 10.4 Å². The molecule has 1 rings (SSSR count). The first kappa shape index (κ1) is 13.1. The lowest BCUT2D eigenvalue weighted by Crippen LogP contribution is -2.33. The summed E-state index contributed by atoms with van der Waals surface area (Å²) in [7, 11) is 1.32. The smallest absolute Gasteiger partial charge is 0.405 e. The minimum Gasteiger partial charge on any atom is -0.504 e. The van der Waals surface area contributed by atoms with Gasteiger partial charge >= 0.3 is 6.18 Å². The molecule has 0 atom stereocenters. The molecule has 0 heterocycles. The Balaban J connectivity index is 2.73. The van der Waals surface area contributed by atoms with Crippen LogP contribution >= 0.6 is 0 Å². The minimum atomic E-state index is -4.47. The Bertz CT molecular complexity index is 418. The number of hydrogen-bond acceptors (Lipinski definition) is 3. The van der Waals surface area contributed by atoms with Gasteiger partial charge in [-0.2, -0.15) is 13.2 Å². The van der Waals surface area contributed by atoms with Gasteiger partial charge in [-0.1, -0.05) is 0 Å². The number of halogens is 3. The quantitative estimate of drug-likeness (QED) is 0.857. The summed E-state index contributed by atoms with van der Waals surface area (Å²) in [5.41, 5.74) is -0.0763. The van der Waals surface area contributed by atoms with E-state index in [-0.39, 0.29) is 17.1 Å². The highest BCUT2D eigenvalue weighted by Crippen LogP contribution is 2.26. The van der Waals surface area contributed by atoms with Crippen molar-refractivity contribution in [2.24, 2.45) is 0 Å². The standard InChI is InChI=1S/C10H10F3NO3/c1-17-8-3-2-6(4-7(8)15)9(16)14-5-10(11,12)13/h2-4,15H,5H2,1H3,(H,14,16). The molecule has 0 aromatic heterocycles. The number of amides is 1. The summed E-state index contributed by atoms with van der Waals surface area (Å²) < 4.78 is 40.3. The molecule has 0 aliphatic heterocycles. The molecule has 0 aliphatic rings. The molecule has 0 bridgehead atoms. The number of carbonyl (C=O) groups is 1. The van der Waals surface area contributed by atoms with Gasteiger partial charge in [0, 0.05) is 5.56 Å². The van der Waals surface area contributed by atoms with Gasteiger partial charge in [0.2, 0.25) is 0 Å². The first-order valence-corrected chi connectivity index (χ1v) is 4.55. The van der Waals surface area contributed by atoms with E-state index in [1.54, 1.807) is 5.32 Å². The van der Waals surface area contributed by atoms with Crippen LogP contribution in [-0.4, -0.2) is 30.8 Å². The molecule has 94 valence electrons. The summed E-state index contributed by atoms with van der Waals surface area (Å²) in [5, 5.41) is 11.0. The van der Waals surface area contributed by atoms with Crippen molar-refractivity contribution in [3.05, 3.63) is 23.8 Å². The predicted octanol–water partition coefficient (Wildman–Crippen LogP) is 1.69. The van der Waals surface area contributed by atoms with Gasteiger partial charge in [-0.25, -0.2) is 0 Å². The third-order valence-corrected chi connectivity index (χ3v) is 1.89. The van der Waals surface area contributed by atoms with Crippen LogP contribution in [0, 0.1) is 0 Å². The second kappa shape index (κ2) is 4.94. The van der Waals surface area contributed by atoms with E-state index < -0.39 is 18.6 Å². The highest BCUT2D eigenvalue weighted by Gasteiger charge is 2.27.